The lowest BCUT2D eigenvalue weighted by Crippen LogP contribution is -2.12. The van der Waals surface area contributed by atoms with Crippen LogP contribution in [0.25, 0.3) is 11.4 Å². The number of carbonyl (C=O) groups is 1. The third-order valence-corrected chi connectivity index (χ3v) is 5.20. The van der Waals surface area contributed by atoms with E-state index < -0.39 is 5.91 Å². The van der Waals surface area contributed by atoms with E-state index in [1.807, 2.05) is 29.0 Å². The lowest BCUT2D eigenvalue weighted by molar-refractivity contribution is 0.0999. The first-order chi connectivity index (χ1) is 13.0. The van der Waals surface area contributed by atoms with E-state index in [1.165, 1.54) is 11.3 Å². The van der Waals surface area contributed by atoms with Crippen LogP contribution in [-0.4, -0.2) is 27.2 Å². The molecule has 0 spiro atoms. The average molecular weight is 406 g/mol. The van der Waals surface area contributed by atoms with Crippen LogP contribution in [0.3, 0.4) is 0 Å². The second-order valence-corrected chi connectivity index (χ2v) is 7.37. The Morgan fingerprint density at radius 3 is 2.93 bits per heavy atom. The zero-order chi connectivity index (χ0) is 19.4. The van der Waals surface area contributed by atoms with E-state index in [0.717, 1.165) is 22.1 Å². The maximum atomic E-state index is 11.7. The lowest BCUT2D eigenvalue weighted by atomic mass is 10.2. The van der Waals surface area contributed by atoms with Crippen molar-refractivity contribution in [1.82, 2.24) is 9.55 Å². The predicted octanol–water partition coefficient (Wildman–Crippen LogP) is 3.63. The Morgan fingerprint density at radius 1 is 1.41 bits per heavy atom. The molecule has 3 aromatic rings. The Morgan fingerprint density at radius 2 is 2.22 bits per heavy atom. The number of thiazole rings is 1. The van der Waals surface area contributed by atoms with Gasteiger partial charge in [0.05, 0.1) is 17.0 Å². The molecule has 0 aliphatic heterocycles. The van der Waals surface area contributed by atoms with E-state index in [-0.39, 0.29) is 6.61 Å². The van der Waals surface area contributed by atoms with Crippen molar-refractivity contribution < 1.29 is 14.6 Å². The summed E-state index contributed by atoms with van der Waals surface area (Å²) in [5, 5.41) is 12.5. The van der Waals surface area contributed by atoms with E-state index in [4.69, 9.17) is 27.2 Å². The number of aliphatic hydroxyl groups is 1. The molecular formula is C19H20ClN3O3S. The van der Waals surface area contributed by atoms with Crippen molar-refractivity contribution in [3.05, 3.63) is 57.0 Å². The number of aromatic nitrogens is 2. The van der Waals surface area contributed by atoms with Gasteiger partial charge in [-0.1, -0.05) is 17.7 Å². The molecule has 0 unspecified atom stereocenters. The van der Waals surface area contributed by atoms with Gasteiger partial charge in [-0.3, -0.25) is 4.79 Å². The van der Waals surface area contributed by atoms with Crippen LogP contribution in [-0.2, 0) is 13.2 Å². The maximum absolute atomic E-state index is 11.7. The summed E-state index contributed by atoms with van der Waals surface area (Å²) in [7, 11) is 0. The van der Waals surface area contributed by atoms with Crippen LogP contribution < -0.4 is 10.5 Å². The van der Waals surface area contributed by atoms with E-state index in [9.17, 15) is 4.79 Å². The first-order valence-corrected chi connectivity index (χ1v) is 9.69. The van der Waals surface area contributed by atoms with Gasteiger partial charge in [-0.2, -0.15) is 0 Å². The molecule has 0 atom stereocenters. The fraction of sp³-hybridized carbons (Fsp3) is 0.263. The number of benzene rings is 1. The normalized spacial score (nSPS) is 10.9. The van der Waals surface area contributed by atoms with Crippen LogP contribution in [0.15, 0.2) is 35.7 Å². The summed E-state index contributed by atoms with van der Waals surface area (Å²) in [6, 6.07) is 8.95. The number of hydrogen-bond acceptors (Lipinski definition) is 5. The Kier molecular flexibility index (Phi) is 6.15. The number of primary amides is 1. The third-order valence-electron chi connectivity index (χ3n) is 4.14. The Hall–Kier alpha value is -2.35. The van der Waals surface area contributed by atoms with E-state index in [1.54, 1.807) is 18.2 Å². The minimum absolute atomic E-state index is 0.0682. The topological polar surface area (TPSA) is 90.4 Å². The van der Waals surface area contributed by atoms with Gasteiger partial charge in [0, 0.05) is 29.2 Å². The molecule has 0 radical (unpaired) electrons. The summed E-state index contributed by atoms with van der Waals surface area (Å²) in [5.41, 5.74) is 8.28. The van der Waals surface area contributed by atoms with Gasteiger partial charge < -0.3 is 20.1 Å². The molecule has 8 heteroatoms. The summed E-state index contributed by atoms with van der Waals surface area (Å²) in [5.74, 6) is 0.202. The monoisotopic (exact) mass is 405 g/mol. The molecule has 0 saturated carbocycles. The van der Waals surface area contributed by atoms with Gasteiger partial charge in [-0.15, -0.1) is 11.3 Å². The largest absolute Gasteiger partial charge is 0.486 e. The first-order valence-electron chi connectivity index (χ1n) is 8.43. The fourth-order valence-corrected chi connectivity index (χ4v) is 3.70. The van der Waals surface area contributed by atoms with Crippen molar-refractivity contribution in [2.45, 2.75) is 26.5 Å². The first kappa shape index (κ1) is 19.4. The van der Waals surface area contributed by atoms with E-state index in [2.05, 4.69) is 4.98 Å². The summed E-state index contributed by atoms with van der Waals surface area (Å²) in [4.78, 5) is 16.3. The Labute approximate surface area is 166 Å². The molecule has 3 N–H and O–H groups in total. The minimum Gasteiger partial charge on any atom is -0.486 e. The van der Waals surface area contributed by atoms with Crippen LogP contribution in [0.5, 0.6) is 5.75 Å². The van der Waals surface area contributed by atoms with Crippen molar-refractivity contribution >= 4 is 28.8 Å². The number of aliphatic hydroxyl groups excluding tert-OH is 1. The van der Waals surface area contributed by atoms with Crippen molar-refractivity contribution in [2.24, 2.45) is 5.73 Å². The van der Waals surface area contributed by atoms with Gasteiger partial charge in [-0.05, 0) is 37.6 Å². The van der Waals surface area contributed by atoms with Gasteiger partial charge in [0.25, 0.3) is 5.91 Å². The summed E-state index contributed by atoms with van der Waals surface area (Å²) >= 11 is 7.44. The average Bonchev–Trinajstić information content (AvgIpc) is 3.23. The van der Waals surface area contributed by atoms with Gasteiger partial charge in [0.2, 0.25) is 0 Å². The number of amides is 1. The van der Waals surface area contributed by atoms with Crippen LogP contribution in [0.1, 0.15) is 27.5 Å². The molecule has 6 nitrogen and oxygen atoms in total. The third kappa shape index (κ3) is 4.50. The highest BCUT2D eigenvalue weighted by Crippen LogP contribution is 2.28. The Bertz CT molecular complexity index is 952. The Balaban J connectivity index is 1.82. The molecule has 3 rings (SSSR count). The summed E-state index contributed by atoms with van der Waals surface area (Å²) in [6.45, 7) is 2.82. The van der Waals surface area contributed by atoms with Gasteiger partial charge in [0.15, 0.2) is 0 Å². The number of carbonyl (C=O) groups excluding carboxylic acids is 1. The number of ether oxygens (including phenoxy) is 1. The smallest absolute Gasteiger partial charge is 0.250 e. The van der Waals surface area contributed by atoms with Crippen molar-refractivity contribution in [1.29, 1.82) is 0 Å². The molecule has 0 saturated heterocycles. The summed E-state index contributed by atoms with van der Waals surface area (Å²) in [6.07, 6.45) is 0.579. The molecule has 0 aliphatic carbocycles. The number of rotatable bonds is 8. The minimum atomic E-state index is -0.476. The van der Waals surface area contributed by atoms with E-state index in [0.29, 0.717) is 35.9 Å². The fourth-order valence-electron chi connectivity index (χ4n) is 2.82. The number of nitrogens with two attached hydrogens (primary N) is 1. The van der Waals surface area contributed by atoms with Crippen molar-refractivity contribution in [3.63, 3.8) is 0 Å². The van der Waals surface area contributed by atoms with Gasteiger partial charge >= 0.3 is 0 Å². The number of hydrogen-bond donors (Lipinski definition) is 2. The van der Waals surface area contributed by atoms with Crippen molar-refractivity contribution in [3.8, 4) is 17.1 Å². The van der Waals surface area contributed by atoms with Gasteiger partial charge in [-0.25, -0.2) is 4.98 Å². The molecule has 0 fully saturated rings. The molecule has 0 aliphatic rings. The molecule has 142 valence electrons. The van der Waals surface area contributed by atoms with Crippen LogP contribution >= 0.6 is 22.9 Å². The van der Waals surface area contributed by atoms with Crippen LogP contribution in [0, 0.1) is 6.92 Å². The highest BCUT2D eigenvalue weighted by Gasteiger charge is 2.18. The maximum Gasteiger partial charge on any atom is 0.250 e. The SMILES string of the molecule is Cc1c(C(N)=O)cc(-c2csc(COc3cccc(Cl)c3)n2)n1CCCO. The highest BCUT2D eigenvalue weighted by molar-refractivity contribution is 7.09. The van der Waals surface area contributed by atoms with Gasteiger partial charge in [0.1, 0.15) is 17.4 Å². The van der Waals surface area contributed by atoms with Crippen LogP contribution in [0.2, 0.25) is 5.02 Å². The van der Waals surface area contributed by atoms with Crippen molar-refractivity contribution in [2.75, 3.05) is 6.61 Å². The number of halogens is 1. The van der Waals surface area contributed by atoms with Crippen LogP contribution in [0.4, 0.5) is 0 Å². The number of nitrogens with zero attached hydrogens (tertiary/aromatic N) is 2. The second kappa shape index (κ2) is 8.56. The second-order valence-electron chi connectivity index (χ2n) is 5.99. The lowest BCUT2D eigenvalue weighted by Gasteiger charge is -2.09. The quantitative estimate of drug-likeness (QED) is 0.598. The molecule has 27 heavy (non-hydrogen) atoms. The van der Waals surface area contributed by atoms with E-state index >= 15 is 0 Å². The molecule has 2 aromatic heterocycles. The molecule has 0 bridgehead atoms. The molecule has 1 amide bonds. The standard InChI is InChI=1S/C19H20ClN3O3S/c1-12-15(19(21)25)9-17(23(12)6-3-7-24)16-11-27-18(22-16)10-26-14-5-2-4-13(20)8-14/h2,4-5,8-9,11,24H,3,6-7,10H2,1H3,(H2,21,25). The zero-order valence-electron chi connectivity index (χ0n) is 14.8. The zero-order valence-corrected chi connectivity index (χ0v) is 16.4. The molecule has 1 aromatic carbocycles. The summed E-state index contributed by atoms with van der Waals surface area (Å²) < 4.78 is 7.70. The highest BCUT2D eigenvalue weighted by atomic mass is 35.5. The molecular weight excluding hydrogens is 386 g/mol. The molecule has 2 heterocycles. The predicted molar refractivity (Wildman–Crippen MR) is 106 cm³/mol.